The second-order valence-electron chi connectivity index (χ2n) is 7.90. The van der Waals surface area contributed by atoms with E-state index in [-0.39, 0.29) is 15.8 Å². The molecule has 0 saturated carbocycles. The van der Waals surface area contributed by atoms with Gasteiger partial charge >= 0.3 is 6.36 Å². The molecule has 1 fully saturated rings. The maximum atomic E-state index is 12.8. The van der Waals surface area contributed by atoms with Crippen molar-refractivity contribution in [2.24, 2.45) is 0 Å². The maximum Gasteiger partial charge on any atom is 0.573 e. The van der Waals surface area contributed by atoms with Crippen molar-refractivity contribution in [3.05, 3.63) is 35.7 Å². The van der Waals surface area contributed by atoms with Crippen molar-refractivity contribution < 1.29 is 26.3 Å². The monoisotopic (exact) mass is 516 g/mol. The van der Waals surface area contributed by atoms with E-state index in [1.54, 1.807) is 13.0 Å². The Hall–Kier alpha value is -2.55. The minimum Gasteiger partial charge on any atom is -0.403 e. The largest absolute Gasteiger partial charge is 0.573 e. The van der Waals surface area contributed by atoms with Crippen LogP contribution in [0, 0.1) is 6.92 Å². The molecule has 184 valence electrons. The molecule has 34 heavy (non-hydrogen) atoms. The number of fused-ring (bicyclic) bond motifs is 1. The Morgan fingerprint density at radius 3 is 2.56 bits per heavy atom. The molecule has 0 radical (unpaired) electrons. The molecule has 1 aliphatic heterocycles. The summed E-state index contributed by atoms with van der Waals surface area (Å²) in [7, 11) is -3.55. The topological polar surface area (TPSA) is 101 Å². The van der Waals surface area contributed by atoms with Crippen molar-refractivity contribution in [2.75, 3.05) is 38.0 Å². The lowest BCUT2D eigenvalue weighted by Crippen LogP contribution is -2.50. The lowest BCUT2D eigenvalue weighted by atomic mass is 10.2. The molecule has 4 rings (SSSR count). The predicted molar refractivity (Wildman–Crippen MR) is 121 cm³/mol. The molecule has 0 aliphatic carbocycles. The molecule has 1 N–H and O–H groups in total. The van der Waals surface area contributed by atoms with E-state index in [0.29, 0.717) is 49.6 Å². The van der Waals surface area contributed by atoms with Gasteiger partial charge in [0.05, 0.1) is 11.2 Å². The summed E-state index contributed by atoms with van der Waals surface area (Å²) >= 11 is 1.12. The third-order valence-electron chi connectivity index (χ3n) is 5.38. The van der Waals surface area contributed by atoms with E-state index >= 15 is 0 Å². The molecule has 14 heteroatoms. The number of nitrogens with one attached hydrogen (secondary N) is 1. The maximum absolute atomic E-state index is 12.8. The van der Waals surface area contributed by atoms with Crippen molar-refractivity contribution in [1.82, 2.24) is 24.2 Å². The number of benzene rings is 1. The predicted octanol–water partition coefficient (Wildman–Crippen LogP) is 3.10. The zero-order chi connectivity index (χ0) is 24.5. The average Bonchev–Trinajstić information content (AvgIpc) is 3.20. The van der Waals surface area contributed by atoms with Gasteiger partial charge in [0.25, 0.3) is 10.0 Å². The number of piperazine rings is 1. The highest BCUT2D eigenvalue weighted by atomic mass is 32.2. The Balaban J connectivity index is 1.39. The number of halogens is 3. The van der Waals surface area contributed by atoms with Crippen LogP contribution in [0.5, 0.6) is 5.75 Å². The second kappa shape index (κ2) is 9.60. The Morgan fingerprint density at radius 1 is 1.18 bits per heavy atom. The Kier molecular flexibility index (Phi) is 6.94. The smallest absolute Gasteiger partial charge is 0.403 e. The van der Waals surface area contributed by atoms with Crippen LogP contribution in [-0.2, 0) is 10.0 Å². The molecule has 0 amide bonds. The summed E-state index contributed by atoms with van der Waals surface area (Å²) in [5.41, 5.74) is 2.09. The number of hydrogen-bond donors (Lipinski definition) is 1. The number of sulfonamides is 1. The van der Waals surface area contributed by atoms with Gasteiger partial charge in [-0.25, -0.2) is 23.4 Å². The minimum absolute atomic E-state index is 0.0571. The highest BCUT2D eigenvalue weighted by molar-refractivity contribution is 7.91. The van der Waals surface area contributed by atoms with E-state index < -0.39 is 22.1 Å². The van der Waals surface area contributed by atoms with Gasteiger partial charge in [-0.15, -0.1) is 24.5 Å². The Morgan fingerprint density at radius 2 is 1.91 bits per heavy atom. The molecule has 1 saturated heterocycles. The number of aromatic nitrogens is 3. The molecular formula is C20H23F3N6O3S2. The number of nitrogens with zero attached hydrogens (tertiary/aromatic N) is 5. The highest BCUT2D eigenvalue weighted by Gasteiger charge is 2.33. The van der Waals surface area contributed by atoms with Crippen LogP contribution in [0.4, 0.5) is 19.0 Å². The van der Waals surface area contributed by atoms with Gasteiger partial charge in [-0.3, -0.25) is 4.90 Å². The van der Waals surface area contributed by atoms with Crippen LogP contribution in [0.1, 0.15) is 12.6 Å². The van der Waals surface area contributed by atoms with Gasteiger partial charge in [0.2, 0.25) is 0 Å². The van der Waals surface area contributed by atoms with Crippen LogP contribution >= 0.6 is 11.3 Å². The lowest BCUT2D eigenvalue weighted by Gasteiger charge is -2.35. The van der Waals surface area contributed by atoms with Gasteiger partial charge in [0.15, 0.2) is 9.96 Å². The number of aryl methyl sites for hydroxylation is 1. The summed E-state index contributed by atoms with van der Waals surface area (Å²) in [5.74, 6) is 0.00335. The molecule has 1 atom stereocenters. The van der Waals surface area contributed by atoms with E-state index in [1.165, 1.54) is 28.3 Å². The highest BCUT2D eigenvalue weighted by Crippen LogP contribution is 2.31. The molecule has 0 spiro atoms. The summed E-state index contributed by atoms with van der Waals surface area (Å²) in [6.07, 6.45) is -3.64. The van der Waals surface area contributed by atoms with E-state index in [4.69, 9.17) is 0 Å². The third kappa shape index (κ3) is 5.40. The number of anilines is 1. The summed E-state index contributed by atoms with van der Waals surface area (Å²) in [4.78, 5) is 14.3. The Bertz CT molecular complexity index is 1260. The minimum atomic E-state index is -4.82. The van der Waals surface area contributed by atoms with Gasteiger partial charge in [-0.2, -0.15) is 4.31 Å². The zero-order valence-electron chi connectivity index (χ0n) is 18.4. The van der Waals surface area contributed by atoms with Crippen LogP contribution in [0.15, 0.2) is 34.2 Å². The van der Waals surface area contributed by atoms with E-state index in [9.17, 15) is 21.6 Å². The van der Waals surface area contributed by atoms with Gasteiger partial charge < -0.3 is 10.1 Å². The first-order valence-corrected chi connectivity index (χ1v) is 12.7. The molecular weight excluding hydrogens is 493 g/mol. The number of alkyl halides is 3. The molecule has 0 unspecified atom stereocenters. The SMILES string of the molecule is Cc1ncsc1S(=O)(=O)N1CCN(C[C@H](C)Nc2ncnc3c(OC(F)(F)F)cccc23)CC1. The lowest BCUT2D eigenvalue weighted by molar-refractivity contribution is -0.274. The van der Waals surface area contributed by atoms with Gasteiger partial charge in [-0.05, 0) is 26.0 Å². The number of rotatable bonds is 7. The van der Waals surface area contributed by atoms with Gasteiger partial charge in [-0.1, -0.05) is 6.07 Å². The molecule has 9 nitrogen and oxygen atoms in total. The molecule has 2 aromatic heterocycles. The van der Waals surface area contributed by atoms with Crippen molar-refractivity contribution in [3.63, 3.8) is 0 Å². The number of ether oxygens (including phenoxy) is 1. The molecule has 1 aliphatic rings. The number of hydrogen-bond acceptors (Lipinski definition) is 9. The Labute approximate surface area is 198 Å². The molecule has 3 heterocycles. The molecule has 0 bridgehead atoms. The van der Waals surface area contributed by atoms with Crippen molar-refractivity contribution in [2.45, 2.75) is 30.5 Å². The quantitative estimate of drug-likeness (QED) is 0.512. The fraction of sp³-hybridized carbons (Fsp3) is 0.450. The third-order valence-corrected chi connectivity index (χ3v) is 8.83. The van der Waals surface area contributed by atoms with Crippen LogP contribution in [0.3, 0.4) is 0 Å². The first-order chi connectivity index (χ1) is 16.0. The normalized spacial score (nSPS) is 17.1. The van der Waals surface area contributed by atoms with Crippen LogP contribution in [0.2, 0.25) is 0 Å². The van der Waals surface area contributed by atoms with Crippen LogP contribution in [-0.4, -0.2) is 77.7 Å². The summed E-state index contributed by atoms with van der Waals surface area (Å²) in [5, 5.41) is 3.63. The summed E-state index contributed by atoms with van der Waals surface area (Å²) in [6, 6.07) is 4.17. The first-order valence-electron chi connectivity index (χ1n) is 10.4. The van der Waals surface area contributed by atoms with Gasteiger partial charge in [0.1, 0.15) is 17.7 Å². The van der Waals surface area contributed by atoms with E-state index in [0.717, 1.165) is 11.3 Å². The standard InChI is InChI=1S/C20H23F3N6O3S2/c1-13(10-28-6-8-29(9-7-28)34(30,31)19-14(2)26-12-33-19)27-18-15-4-3-5-16(32-20(21,22)23)17(15)24-11-25-18/h3-5,11-13H,6-10H2,1-2H3,(H,24,25,27)/t13-/m0/s1. The van der Waals surface area contributed by atoms with E-state index in [1.807, 2.05) is 6.92 Å². The van der Waals surface area contributed by atoms with Crippen molar-refractivity contribution in [1.29, 1.82) is 0 Å². The first kappa shape index (κ1) is 24.6. The molecule has 3 aromatic rings. The number of thiazole rings is 1. The zero-order valence-corrected chi connectivity index (χ0v) is 20.0. The van der Waals surface area contributed by atoms with Crippen LogP contribution < -0.4 is 10.1 Å². The molecule has 1 aromatic carbocycles. The average molecular weight is 517 g/mol. The second-order valence-corrected chi connectivity index (χ2v) is 10.9. The summed E-state index contributed by atoms with van der Waals surface area (Å²) < 4.78 is 69.7. The van der Waals surface area contributed by atoms with Gasteiger partial charge in [0, 0.05) is 44.2 Å². The van der Waals surface area contributed by atoms with Crippen LogP contribution in [0.25, 0.3) is 10.9 Å². The number of para-hydroxylation sites is 1. The fourth-order valence-corrected chi connectivity index (χ4v) is 6.62. The van der Waals surface area contributed by atoms with Crippen molar-refractivity contribution in [3.8, 4) is 5.75 Å². The fourth-order valence-electron chi connectivity index (χ4n) is 3.86. The van der Waals surface area contributed by atoms with Crippen molar-refractivity contribution >= 4 is 38.1 Å². The summed E-state index contributed by atoms with van der Waals surface area (Å²) in [6.45, 7) is 6.03. The van der Waals surface area contributed by atoms with E-state index in [2.05, 4.69) is 29.9 Å².